The Hall–Kier alpha value is -0.180. The lowest BCUT2D eigenvalue weighted by Gasteiger charge is -2.22. The lowest BCUT2D eigenvalue weighted by molar-refractivity contribution is 0.449. The van der Waals surface area contributed by atoms with E-state index in [4.69, 9.17) is 4.99 Å². The maximum Gasteiger partial charge on any atom is 0.157 e. The summed E-state index contributed by atoms with van der Waals surface area (Å²) >= 11 is 2.00. The van der Waals surface area contributed by atoms with Gasteiger partial charge >= 0.3 is 0 Å². The average molecular weight is 250 g/mol. The molecule has 4 fully saturated rings. The van der Waals surface area contributed by atoms with Gasteiger partial charge in [0.2, 0.25) is 0 Å². The molecule has 2 nitrogen and oxygen atoms in total. The van der Waals surface area contributed by atoms with Gasteiger partial charge in [0.25, 0.3) is 0 Å². The molecule has 94 valence electrons. The summed E-state index contributed by atoms with van der Waals surface area (Å²) in [6.07, 6.45) is 11.3. The van der Waals surface area contributed by atoms with Gasteiger partial charge in [0.1, 0.15) is 0 Å². The first-order valence-electron chi connectivity index (χ1n) is 7.33. The van der Waals surface area contributed by atoms with Gasteiger partial charge in [0, 0.05) is 11.3 Å². The maximum absolute atomic E-state index is 5.09. The summed E-state index contributed by atoms with van der Waals surface area (Å²) in [6, 6.07) is 0.682. The van der Waals surface area contributed by atoms with Gasteiger partial charge in [0.15, 0.2) is 5.17 Å². The molecule has 3 saturated carbocycles. The van der Waals surface area contributed by atoms with Crippen LogP contribution in [0.3, 0.4) is 0 Å². The third-order valence-corrected chi connectivity index (χ3v) is 6.07. The van der Waals surface area contributed by atoms with Gasteiger partial charge in [-0.05, 0) is 50.4 Å². The van der Waals surface area contributed by atoms with Crippen molar-refractivity contribution in [2.45, 2.75) is 62.9 Å². The summed E-state index contributed by atoms with van der Waals surface area (Å²) in [5.41, 5.74) is 0.446. The van der Waals surface area contributed by atoms with Crippen LogP contribution in [0.15, 0.2) is 4.99 Å². The van der Waals surface area contributed by atoms with E-state index in [1.54, 1.807) is 0 Å². The zero-order valence-electron chi connectivity index (χ0n) is 10.5. The van der Waals surface area contributed by atoms with E-state index in [0.29, 0.717) is 11.6 Å². The van der Waals surface area contributed by atoms with Crippen LogP contribution in [0.2, 0.25) is 0 Å². The van der Waals surface area contributed by atoms with Crippen LogP contribution in [0.25, 0.3) is 0 Å². The lowest BCUT2D eigenvalue weighted by Crippen LogP contribution is -2.41. The van der Waals surface area contributed by atoms with Crippen LogP contribution in [-0.4, -0.2) is 22.5 Å². The summed E-state index contributed by atoms with van der Waals surface area (Å²) < 4.78 is 0. The largest absolute Gasteiger partial charge is 0.359 e. The van der Waals surface area contributed by atoms with Gasteiger partial charge in [-0.25, -0.2) is 0 Å². The van der Waals surface area contributed by atoms with Crippen LogP contribution in [0.5, 0.6) is 0 Å². The van der Waals surface area contributed by atoms with Crippen molar-refractivity contribution in [2.24, 2.45) is 16.8 Å². The Morgan fingerprint density at radius 3 is 2.35 bits per heavy atom. The monoisotopic (exact) mass is 250 g/mol. The third kappa shape index (κ3) is 2.11. The molecule has 3 heteroatoms. The first-order valence-corrected chi connectivity index (χ1v) is 8.32. The second kappa shape index (κ2) is 3.91. The Bertz CT molecular complexity index is 326. The molecule has 1 N–H and O–H groups in total. The van der Waals surface area contributed by atoms with Gasteiger partial charge in [0.05, 0.1) is 6.04 Å². The number of amidine groups is 1. The van der Waals surface area contributed by atoms with Gasteiger partial charge in [-0.3, -0.25) is 4.99 Å². The Morgan fingerprint density at radius 1 is 1.12 bits per heavy atom. The number of nitrogens with zero attached hydrogens (tertiary/aromatic N) is 1. The van der Waals surface area contributed by atoms with E-state index in [1.807, 2.05) is 11.8 Å². The Kier molecular flexibility index (Phi) is 2.46. The molecule has 1 spiro atoms. The molecule has 0 aromatic carbocycles. The van der Waals surface area contributed by atoms with E-state index >= 15 is 0 Å². The molecular weight excluding hydrogens is 228 g/mol. The van der Waals surface area contributed by atoms with E-state index in [0.717, 1.165) is 11.8 Å². The van der Waals surface area contributed by atoms with E-state index in [9.17, 15) is 0 Å². The molecule has 0 radical (unpaired) electrons. The predicted molar refractivity (Wildman–Crippen MR) is 73.5 cm³/mol. The van der Waals surface area contributed by atoms with Crippen molar-refractivity contribution in [3.63, 3.8) is 0 Å². The second-order valence-corrected chi connectivity index (χ2v) is 7.46. The van der Waals surface area contributed by atoms with E-state index in [1.165, 1.54) is 62.3 Å². The summed E-state index contributed by atoms with van der Waals surface area (Å²) in [5, 5.41) is 5.06. The average Bonchev–Trinajstić information content (AvgIpc) is 3.26. The highest BCUT2D eigenvalue weighted by Gasteiger charge is 2.44. The molecule has 1 saturated heterocycles. The summed E-state index contributed by atoms with van der Waals surface area (Å²) in [4.78, 5) is 5.09. The van der Waals surface area contributed by atoms with E-state index in [2.05, 4.69) is 5.32 Å². The molecule has 0 aromatic rings. The van der Waals surface area contributed by atoms with Crippen molar-refractivity contribution in [3.05, 3.63) is 0 Å². The van der Waals surface area contributed by atoms with Crippen LogP contribution < -0.4 is 5.32 Å². The molecule has 0 aromatic heterocycles. The number of rotatable bonds is 3. The van der Waals surface area contributed by atoms with Crippen molar-refractivity contribution in [2.75, 3.05) is 5.75 Å². The first-order chi connectivity index (χ1) is 8.35. The SMILES string of the molecule is C1CCC2(C1)CSC(=NC(C1CC1)C1CC1)N2. The quantitative estimate of drug-likeness (QED) is 0.832. The van der Waals surface area contributed by atoms with Crippen molar-refractivity contribution < 1.29 is 0 Å². The molecule has 4 rings (SSSR count). The number of hydrogen-bond donors (Lipinski definition) is 1. The van der Waals surface area contributed by atoms with Crippen LogP contribution in [0, 0.1) is 11.8 Å². The fourth-order valence-corrected chi connectivity index (χ4v) is 4.76. The highest BCUT2D eigenvalue weighted by molar-refractivity contribution is 8.14. The topological polar surface area (TPSA) is 24.4 Å². The molecule has 1 aliphatic heterocycles. The molecule has 0 unspecified atom stereocenters. The molecule has 17 heavy (non-hydrogen) atoms. The highest BCUT2D eigenvalue weighted by Crippen LogP contribution is 2.47. The lowest BCUT2D eigenvalue weighted by atomic mass is 10.0. The number of hydrogen-bond acceptors (Lipinski definition) is 2. The molecule has 0 bridgehead atoms. The van der Waals surface area contributed by atoms with Crippen molar-refractivity contribution in [1.82, 2.24) is 5.32 Å². The summed E-state index contributed by atoms with van der Waals surface area (Å²) in [6.45, 7) is 0. The molecule has 0 amide bonds. The highest BCUT2D eigenvalue weighted by atomic mass is 32.2. The van der Waals surface area contributed by atoms with Crippen molar-refractivity contribution >= 4 is 16.9 Å². The predicted octanol–water partition coefficient (Wildman–Crippen LogP) is 3.18. The third-order valence-electron chi connectivity index (χ3n) is 4.89. The zero-order valence-corrected chi connectivity index (χ0v) is 11.3. The van der Waals surface area contributed by atoms with Gasteiger partial charge in [-0.15, -0.1) is 0 Å². The van der Waals surface area contributed by atoms with Crippen LogP contribution in [0.4, 0.5) is 0 Å². The minimum absolute atomic E-state index is 0.446. The maximum atomic E-state index is 5.09. The molecule has 0 atom stereocenters. The van der Waals surface area contributed by atoms with Gasteiger partial charge < -0.3 is 5.32 Å². The molecule has 3 aliphatic carbocycles. The first kappa shape index (κ1) is 10.7. The number of aliphatic imine (C=N–C) groups is 1. The normalized spacial score (nSPS) is 33.8. The summed E-state index contributed by atoms with van der Waals surface area (Å²) in [7, 11) is 0. The van der Waals surface area contributed by atoms with Gasteiger partial charge in [-0.2, -0.15) is 0 Å². The minimum atomic E-state index is 0.446. The van der Waals surface area contributed by atoms with Crippen LogP contribution in [0.1, 0.15) is 51.4 Å². The smallest absolute Gasteiger partial charge is 0.157 e. The fraction of sp³-hybridized carbons (Fsp3) is 0.929. The number of thioether (sulfide) groups is 1. The summed E-state index contributed by atoms with van der Waals surface area (Å²) in [5.74, 6) is 3.16. The van der Waals surface area contributed by atoms with Crippen molar-refractivity contribution in [1.29, 1.82) is 0 Å². The molecular formula is C14H22N2S. The fourth-order valence-electron chi connectivity index (χ4n) is 3.50. The Labute approximate surface area is 108 Å². The Balaban J connectivity index is 1.47. The standard InChI is InChI=1S/C14H22N2S/c1-2-8-14(7-1)9-17-13(16-14)15-12(10-3-4-10)11-5-6-11/h10-12H,1-9H2,(H,15,16). The van der Waals surface area contributed by atoms with Crippen LogP contribution >= 0.6 is 11.8 Å². The zero-order chi connectivity index (χ0) is 11.3. The molecule has 4 aliphatic rings. The molecule has 1 heterocycles. The van der Waals surface area contributed by atoms with Crippen molar-refractivity contribution in [3.8, 4) is 0 Å². The van der Waals surface area contributed by atoms with E-state index in [-0.39, 0.29) is 0 Å². The second-order valence-electron chi connectivity index (χ2n) is 6.50. The Morgan fingerprint density at radius 2 is 1.76 bits per heavy atom. The van der Waals surface area contributed by atoms with Crippen LogP contribution in [-0.2, 0) is 0 Å². The minimum Gasteiger partial charge on any atom is -0.359 e. The number of nitrogens with one attached hydrogen (secondary N) is 1. The van der Waals surface area contributed by atoms with E-state index < -0.39 is 0 Å². The van der Waals surface area contributed by atoms with Gasteiger partial charge in [-0.1, -0.05) is 24.6 Å².